The van der Waals surface area contributed by atoms with E-state index in [1.165, 1.54) is 0 Å². The summed E-state index contributed by atoms with van der Waals surface area (Å²) in [6.45, 7) is 5.53. The Morgan fingerprint density at radius 2 is 1.77 bits per heavy atom. The van der Waals surface area contributed by atoms with Gasteiger partial charge in [-0.1, -0.05) is 17.7 Å². The number of hydrogen-bond acceptors (Lipinski definition) is 5. The smallest absolute Gasteiger partial charge is 0.229 e. The summed E-state index contributed by atoms with van der Waals surface area (Å²) in [7, 11) is 0. The minimum atomic E-state index is 0.0374. The zero-order chi connectivity index (χ0) is 18.7. The van der Waals surface area contributed by atoms with Crippen LogP contribution in [0.1, 0.15) is 28.4 Å². The largest absolute Gasteiger partial charge is 0.340 e. The van der Waals surface area contributed by atoms with Crippen LogP contribution in [0.3, 0.4) is 0 Å². The zero-order valence-corrected chi connectivity index (χ0v) is 15.6. The fourth-order valence-corrected chi connectivity index (χ4v) is 2.98. The molecular weight excluding hydrogens is 348 g/mol. The number of anilines is 4. The van der Waals surface area contributed by atoms with E-state index in [1.54, 1.807) is 31.3 Å². The van der Waals surface area contributed by atoms with Crippen molar-refractivity contribution in [2.75, 3.05) is 10.6 Å². The first-order valence-corrected chi connectivity index (χ1v) is 8.55. The van der Waals surface area contributed by atoms with Crippen LogP contribution in [0.15, 0.2) is 48.7 Å². The van der Waals surface area contributed by atoms with Gasteiger partial charge in [-0.25, -0.2) is 4.98 Å². The van der Waals surface area contributed by atoms with Crippen LogP contribution >= 0.6 is 11.6 Å². The first-order valence-electron chi connectivity index (χ1n) is 8.17. The topological polar surface area (TPSA) is 66.9 Å². The van der Waals surface area contributed by atoms with Gasteiger partial charge >= 0.3 is 0 Å². The van der Waals surface area contributed by atoms with Crippen LogP contribution < -0.4 is 10.6 Å². The van der Waals surface area contributed by atoms with E-state index in [-0.39, 0.29) is 5.78 Å². The molecule has 0 bridgehead atoms. The third kappa shape index (κ3) is 4.18. The third-order valence-corrected chi connectivity index (χ3v) is 4.19. The van der Waals surface area contributed by atoms with Crippen LogP contribution in [0.5, 0.6) is 0 Å². The van der Waals surface area contributed by atoms with Gasteiger partial charge in [-0.3, -0.25) is 4.79 Å². The number of ketones is 1. The maximum Gasteiger partial charge on any atom is 0.229 e. The normalized spacial score (nSPS) is 10.5. The fourth-order valence-electron chi connectivity index (χ4n) is 2.61. The summed E-state index contributed by atoms with van der Waals surface area (Å²) in [6, 6.07) is 13.0. The molecule has 3 rings (SSSR count). The summed E-state index contributed by atoms with van der Waals surface area (Å²) in [4.78, 5) is 20.1. The molecule has 26 heavy (non-hydrogen) atoms. The molecule has 0 aliphatic carbocycles. The minimum absolute atomic E-state index is 0.0374. The Morgan fingerprint density at radius 3 is 2.42 bits per heavy atom. The average molecular weight is 367 g/mol. The van der Waals surface area contributed by atoms with Gasteiger partial charge in [-0.2, -0.15) is 4.98 Å². The molecule has 0 amide bonds. The number of rotatable bonds is 5. The molecular formula is C20H19ClN4O. The number of Topliss-reactive ketones (excluding diaryl/α,β-unsaturated/α-hetero) is 1. The van der Waals surface area contributed by atoms with E-state index in [9.17, 15) is 4.79 Å². The minimum Gasteiger partial charge on any atom is -0.340 e. The second kappa shape index (κ2) is 7.54. The lowest BCUT2D eigenvalue weighted by Crippen LogP contribution is -2.02. The van der Waals surface area contributed by atoms with Gasteiger partial charge in [0, 0.05) is 17.4 Å². The molecule has 3 aromatic rings. The van der Waals surface area contributed by atoms with Gasteiger partial charge in [0.15, 0.2) is 5.78 Å². The van der Waals surface area contributed by atoms with Crippen LogP contribution in [-0.4, -0.2) is 15.8 Å². The highest BCUT2D eigenvalue weighted by Gasteiger charge is 2.08. The molecule has 0 aliphatic rings. The number of carbonyl (C=O) groups is 1. The summed E-state index contributed by atoms with van der Waals surface area (Å²) in [5.41, 5.74) is 4.43. The molecule has 0 aliphatic heterocycles. The van der Waals surface area contributed by atoms with E-state index in [0.29, 0.717) is 22.4 Å². The lowest BCUT2D eigenvalue weighted by molar-refractivity contribution is 0.101. The Morgan fingerprint density at radius 1 is 1.04 bits per heavy atom. The molecule has 0 saturated carbocycles. The molecule has 2 aromatic carbocycles. The standard InChI is InChI=1S/C20H19ClN4O/c1-12-10-13(2)19(17(21)11-12)25-20-22-9-8-18(24-20)23-16-6-4-15(5-7-16)14(3)26/h4-11H,1-3H3,(H2,22,23,24,25). The highest BCUT2D eigenvalue weighted by atomic mass is 35.5. The van der Waals surface area contributed by atoms with Crippen molar-refractivity contribution in [2.45, 2.75) is 20.8 Å². The molecule has 0 fully saturated rings. The molecule has 0 radical (unpaired) electrons. The fraction of sp³-hybridized carbons (Fsp3) is 0.150. The van der Waals surface area contributed by atoms with Crippen LogP contribution in [-0.2, 0) is 0 Å². The van der Waals surface area contributed by atoms with Crippen LogP contribution in [0.25, 0.3) is 0 Å². The maximum absolute atomic E-state index is 11.3. The van der Waals surface area contributed by atoms with Crippen molar-refractivity contribution >= 4 is 40.5 Å². The lowest BCUT2D eigenvalue weighted by Gasteiger charge is -2.12. The SMILES string of the molecule is CC(=O)c1ccc(Nc2ccnc(Nc3c(C)cc(C)cc3Cl)n2)cc1. The molecule has 1 heterocycles. The van der Waals surface area contributed by atoms with Gasteiger partial charge in [0.1, 0.15) is 5.82 Å². The van der Waals surface area contributed by atoms with Gasteiger partial charge < -0.3 is 10.6 Å². The predicted octanol–water partition coefficient (Wildman–Crippen LogP) is 5.44. The lowest BCUT2D eigenvalue weighted by atomic mass is 10.1. The van der Waals surface area contributed by atoms with Crippen molar-refractivity contribution in [3.8, 4) is 0 Å². The first kappa shape index (κ1) is 17.9. The van der Waals surface area contributed by atoms with E-state index in [1.807, 2.05) is 38.1 Å². The number of carbonyl (C=O) groups excluding carboxylic acids is 1. The Balaban J connectivity index is 1.79. The Kier molecular flexibility index (Phi) is 5.19. The number of aromatic nitrogens is 2. The van der Waals surface area contributed by atoms with E-state index < -0.39 is 0 Å². The number of hydrogen-bond donors (Lipinski definition) is 2. The monoisotopic (exact) mass is 366 g/mol. The number of nitrogens with zero attached hydrogens (tertiary/aromatic N) is 2. The first-order chi connectivity index (χ1) is 12.4. The van der Waals surface area contributed by atoms with Crippen molar-refractivity contribution in [3.63, 3.8) is 0 Å². The Bertz CT molecular complexity index is 931. The molecule has 0 unspecified atom stereocenters. The second-order valence-corrected chi connectivity index (χ2v) is 6.49. The number of aryl methyl sites for hydroxylation is 2. The van der Waals surface area contributed by atoms with E-state index in [4.69, 9.17) is 11.6 Å². The van der Waals surface area contributed by atoms with Gasteiger partial charge in [0.2, 0.25) is 5.95 Å². The highest BCUT2D eigenvalue weighted by molar-refractivity contribution is 6.33. The van der Waals surface area contributed by atoms with Crippen molar-refractivity contribution in [3.05, 3.63) is 70.4 Å². The summed E-state index contributed by atoms with van der Waals surface area (Å²) in [5, 5.41) is 7.01. The molecule has 1 aromatic heterocycles. The molecule has 0 spiro atoms. The van der Waals surface area contributed by atoms with E-state index >= 15 is 0 Å². The second-order valence-electron chi connectivity index (χ2n) is 6.09. The van der Waals surface area contributed by atoms with Crippen LogP contribution in [0.2, 0.25) is 5.02 Å². The summed E-state index contributed by atoms with van der Waals surface area (Å²) >= 11 is 6.33. The molecule has 132 valence electrons. The van der Waals surface area contributed by atoms with Gasteiger partial charge in [0.05, 0.1) is 10.7 Å². The highest BCUT2D eigenvalue weighted by Crippen LogP contribution is 2.29. The number of halogens is 1. The van der Waals surface area contributed by atoms with Crippen LogP contribution in [0.4, 0.5) is 23.1 Å². The number of benzene rings is 2. The molecule has 5 nitrogen and oxygen atoms in total. The van der Waals surface area contributed by atoms with Crippen molar-refractivity contribution in [1.29, 1.82) is 0 Å². The molecule has 0 saturated heterocycles. The average Bonchev–Trinajstić information content (AvgIpc) is 2.59. The number of nitrogens with one attached hydrogen (secondary N) is 2. The maximum atomic E-state index is 11.3. The summed E-state index contributed by atoms with van der Waals surface area (Å²) in [5.74, 6) is 1.12. The van der Waals surface area contributed by atoms with Crippen LogP contribution in [0, 0.1) is 13.8 Å². The predicted molar refractivity (Wildman–Crippen MR) is 106 cm³/mol. The zero-order valence-electron chi connectivity index (χ0n) is 14.8. The molecule has 2 N–H and O–H groups in total. The van der Waals surface area contributed by atoms with E-state index in [0.717, 1.165) is 22.5 Å². The van der Waals surface area contributed by atoms with Crippen molar-refractivity contribution in [2.24, 2.45) is 0 Å². The Hall–Kier alpha value is -2.92. The van der Waals surface area contributed by atoms with Gasteiger partial charge in [0.25, 0.3) is 0 Å². The van der Waals surface area contributed by atoms with Crippen molar-refractivity contribution < 1.29 is 4.79 Å². The van der Waals surface area contributed by atoms with Crippen molar-refractivity contribution in [1.82, 2.24) is 9.97 Å². The molecule has 0 atom stereocenters. The van der Waals surface area contributed by atoms with Gasteiger partial charge in [-0.05, 0) is 68.3 Å². The van der Waals surface area contributed by atoms with E-state index in [2.05, 4.69) is 20.6 Å². The summed E-state index contributed by atoms with van der Waals surface area (Å²) < 4.78 is 0. The van der Waals surface area contributed by atoms with Gasteiger partial charge in [-0.15, -0.1) is 0 Å². The Labute approximate surface area is 157 Å². The molecule has 6 heteroatoms. The quantitative estimate of drug-likeness (QED) is 0.589. The third-order valence-electron chi connectivity index (χ3n) is 3.89. The summed E-state index contributed by atoms with van der Waals surface area (Å²) in [6.07, 6.45) is 1.67.